The number of aliphatic hydroxyl groups is 1. The fourth-order valence-electron chi connectivity index (χ4n) is 1.23. The Labute approximate surface area is 78.7 Å². The Morgan fingerprint density at radius 3 is 3.00 bits per heavy atom. The number of nitrogens with zero attached hydrogens (tertiary/aromatic N) is 2. The molecule has 0 fully saturated rings. The van der Waals surface area contributed by atoms with Crippen molar-refractivity contribution in [3.63, 3.8) is 0 Å². The van der Waals surface area contributed by atoms with Crippen molar-refractivity contribution in [3.8, 4) is 0 Å². The molecule has 3 heteroatoms. The summed E-state index contributed by atoms with van der Waals surface area (Å²) in [7, 11) is 0. The van der Waals surface area contributed by atoms with Gasteiger partial charge in [-0.1, -0.05) is 13.5 Å². The van der Waals surface area contributed by atoms with Crippen LogP contribution in [-0.4, -0.2) is 14.9 Å². The second-order valence-electron chi connectivity index (χ2n) is 3.23. The molecule has 0 saturated heterocycles. The second kappa shape index (κ2) is 4.23. The Balaban J connectivity index is 2.86. The fourth-order valence-corrected chi connectivity index (χ4v) is 1.23. The number of hydrogen-bond donors (Lipinski definition) is 1. The normalized spacial score (nSPS) is 12.8. The van der Waals surface area contributed by atoms with E-state index in [4.69, 9.17) is 0 Å². The highest BCUT2D eigenvalue weighted by Crippen LogP contribution is 2.19. The van der Waals surface area contributed by atoms with E-state index < -0.39 is 6.10 Å². The van der Waals surface area contributed by atoms with E-state index in [1.54, 1.807) is 6.20 Å². The first kappa shape index (κ1) is 9.99. The molecule has 0 aromatic carbocycles. The minimum absolute atomic E-state index is 0.589. The van der Waals surface area contributed by atoms with E-state index in [9.17, 15) is 5.11 Å². The lowest BCUT2D eigenvalue weighted by Gasteiger charge is -2.12. The van der Waals surface area contributed by atoms with Crippen LogP contribution in [0.3, 0.4) is 0 Å². The van der Waals surface area contributed by atoms with Crippen molar-refractivity contribution in [1.29, 1.82) is 0 Å². The van der Waals surface area contributed by atoms with Crippen LogP contribution in [0.1, 0.15) is 32.1 Å². The fraction of sp³-hybridized carbons (Fsp3) is 0.500. The lowest BCUT2D eigenvalue weighted by molar-refractivity contribution is 0.203. The van der Waals surface area contributed by atoms with Crippen molar-refractivity contribution in [1.82, 2.24) is 9.78 Å². The van der Waals surface area contributed by atoms with Crippen LogP contribution in [0.5, 0.6) is 0 Å². The smallest absolute Gasteiger partial charge is 0.116 e. The van der Waals surface area contributed by atoms with Gasteiger partial charge in [0.2, 0.25) is 0 Å². The van der Waals surface area contributed by atoms with Crippen LogP contribution in [0.15, 0.2) is 24.4 Å². The summed E-state index contributed by atoms with van der Waals surface area (Å²) >= 11 is 0. The quantitative estimate of drug-likeness (QED) is 0.719. The maximum Gasteiger partial charge on any atom is 0.116 e. The molecule has 1 aromatic rings. The first-order chi connectivity index (χ1) is 6.16. The summed E-state index contributed by atoms with van der Waals surface area (Å²) in [5, 5.41) is 13.9. The van der Waals surface area contributed by atoms with Gasteiger partial charge in [0.15, 0.2) is 0 Å². The topological polar surface area (TPSA) is 38.1 Å². The molecule has 0 amide bonds. The molecule has 0 aliphatic rings. The number of aryl methyl sites for hydroxylation is 1. The van der Waals surface area contributed by atoms with E-state index in [-0.39, 0.29) is 0 Å². The summed E-state index contributed by atoms with van der Waals surface area (Å²) in [6.45, 7) is 8.46. The van der Waals surface area contributed by atoms with Gasteiger partial charge in [0.1, 0.15) is 6.10 Å². The zero-order chi connectivity index (χ0) is 9.84. The summed E-state index contributed by atoms with van der Waals surface area (Å²) < 4.78 is 1.82. The molecule has 13 heavy (non-hydrogen) atoms. The Morgan fingerprint density at radius 2 is 2.46 bits per heavy atom. The van der Waals surface area contributed by atoms with Crippen LogP contribution in [0.2, 0.25) is 0 Å². The molecule has 0 spiro atoms. The van der Waals surface area contributed by atoms with E-state index >= 15 is 0 Å². The summed E-state index contributed by atoms with van der Waals surface area (Å²) in [4.78, 5) is 0. The second-order valence-corrected chi connectivity index (χ2v) is 3.23. The number of aromatic nitrogens is 2. The molecule has 72 valence electrons. The van der Waals surface area contributed by atoms with E-state index in [0.717, 1.165) is 24.2 Å². The maximum absolute atomic E-state index is 9.73. The summed E-state index contributed by atoms with van der Waals surface area (Å²) in [6, 6.07) is 1.83. The standard InChI is InChI=1S/C10H16N2O/c1-4-7-12-9(5-6-11-12)10(13)8(2)3/h5-6,10,13H,2,4,7H2,1,3H3. The van der Waals surface area contributed by atoms with Gasteiger partial charge in [-0.25, -0.2) is 0 Å². The van der Waals surface area contributed by atoms with E-state index in [0.29, 0.717) is 0 Å². The molecule has 1 N–H and O–H groups in total. The third-order valence-electron chi connectivity index (χ3n) is 1.93. The van der Waals surface area contributed by atoms with Gasteiger partial charge in [-0.3, -0.25) is 4.68 Å². The molecule has 3 nitrogen and oxygen atoms in total. The third kappa shape index (κ3) is 2.18. The van der Waals surface area contributed by atoms with Crippen LogP contribution in [0, 0.1) is 0 Å². The first-order valence-electron chi connectivity index (χ1n) is 4.52. The summed E-state index contributed by atoms with van der Waals surface area (Å²) in [5.74, 6) is 0. The van der Waals surface area contributed by atoms with Crippen LogP contribution < -0.4 is 0 Å². The van der Waals surface area contributed by atoms with Gasteiger partial charge in [0.05, 0.1) is 5.69 Å². The zero-order valence-electron chi connectivity index (χ0n) is 8.20. The predicted octanol–water partition coefficient (Wildman–Crippen LogP) is 1.90. The van der Waals surface area contributed by atoms with Gasteiger partial charge >= 0.3 is 0 Å². The molecule has 0 saturated carbocycles. The highest BCUT2D eigenvalue weighted by Gasteiger charge is 2.12. The number of rotatable bonds is 4. The average molecular weight is 180 g/mol. The van der Waals surface area contributed by atoms with E-state index in [2.05, 4.69) is 18.6 Å². The van der Waals surface area contributed by atoms with Gasteiger partial charge in [-0.2, -0.15) is 5.10 Å². The van der Waals surface area contributed by atoms with E-state index in [1.165, 1.54) is 0 Å². The zero-order valence-corrected chi connectivity index (χ0v) is 8.20. The highest BCUT2D eigenvalue weighted by molar-refractivity contribution is 5.15. The minimum atomic E-state index is -0.589. The van der Waals surface area contributed by atoms with Gasteiger partial charge in [0, 0.05) is 12.7 Å². The monoisotopic (exact) mass is 180 g/mol. The molecule has 1 unspecified atom stereocenters. The Morgan fingerprint density at radius 1 is 1.77 bits per heavy atom. The Bertz CT molecular complexity index is 291. The van der Waals surface area contributed by atoms with Crippen molar-refractivity contribution in [2.45, 2.75) is 32.9 Å². The van der Waals surface area contributed by atoms with Gasteiger partial charge < -0.3 is 5.11 Å². The van der Waals surface area contributed by atoms with Crippen molar-refractivity contribution in [3.05, 3.63) is 30.1 Å². The van der Waals surface area contributed by atoms with Crippen LogP contribution >= 0.6 is 0 Å². The third-order valence-corrected chi connectivity index (χ3v) is 1.93. The van der Waals surface area contributed by atoms with Crippen LogP contribution in [0.4, 0.5) is 0 Å². The molecule has 1 atom stereocenters. The molecule has 0 bridgehead atoms. The van der Waals surface area contributed by atoms with Crippen LogP contribution in [-0.2, 0) is 6.54 Å². The van der Waals surface area contributed by atoms with Crippen molar-refractivity contribution >= 4 is 0 Å². The largest absolute Gasteiger partial charge is 0.382 e. The number of hydrogen-bond acceptors (Lipinski definition) is 2. The Kier molecular flexibility index (Phi) is 3.25. The first-order valence-corrected chi connectivity index (χ1v) is 4.52. The average Bonchev–Trinajstić information content (AvgIpc) is 2.52. The molecule has 0 radical (unpaired) electrons. The molecular weight excluding hydrogens is 164 g/mol. The van der Waals surface area contributed by atoms with Gasteiger partial charge in [-0.05, 0) is 25.0 Å². The van der Waals surface area contributed by atoms with Crippen molar-refractivity contribution in [2.24, 2.45) is 0 Å². The predicted molar refractivity (Wildman–Crippen MR) is 52.3 cm³/mol. The molecule has 1 rings (SSSR count). The van der Waals surface area contributed by atoms with Crippen molar-refractivity contribution in [2.75, 3.05) is 0 Å². The van der Waals surface area contributed by atoms with E-state index in [1.807, 2.05) is 17.7 Å². The molecule has 1 heterocycles. The Hall–Kier alpha value is -1.09. The molecule has 0 aliphatic carbocycles. The molecule has 1 aromatic heterocycles. The summed E-state index contributed by atoms with van der Waals surface area (Å²) in [5.41, 5.74) is 1.58. The molecular formula is C10H16N2O. The lowest BCUT2D eigenvalue weighted by Crippen LogP contribution is -2.09. The minimum Gasteiger partial charge on any atom is -0.382 e. The van der Waals surface area contributed by atoms with Gasteiger partial charge in [-0.15, -0.1) is 0 Å². The van der Waals surface area contributed by atoms with Crippen LogP contribution in [0.25, 0.3) is 0 Å². The SMILES string of the molecule is C=C(C)C(O)c1ccnn1CCC. The summed E-state index contributed by atoms with van der Waals surface area (Å²) in [6.07, 6.45) is 2.13. The lowest BCUT2D eigenvalue weighted by atomic mass is 10.1. The van der Waals surface area contributed by atoms with Crippen molar-refractivity contribution < 1.29 is 5.11 Å². The number of aliphatic hydroxyl groups excluding tert-OH is 1. The van der Waals surface area contributed by atoms with Gasteiger partial charge in [0.25, 0.3) is 0 Å². The highest BCUT2D eigenvalue weighted by atomic mass is 16.3. The maximum atomic E-state index is 9.73. The molecule has 0 aliphatic heterocycles.